The number of hydrogen-bond donors (Lipinski definition) is 0. The van der Waals surface area contributed by atoms with Gasteiger partial charge in [0, 0.05) is 10.9 Å². The van der Waals surface area contributed by atoms with Crippen LogP contribution in [0.4, 0.5) is 0 Å². The van der Waals surface area contributed by atoms with Crippen LogP contribution >= 0.6 is 11.6 Å². The average Bonchev–Trinajstić information content (AvgIpc) is 2.61. The Hall–Kier alpha value is -1.53. The second kappa shape index (κ2) is 4.62. The molecule has 2 aliphatic rings. The molecule has 1 aromatic carbocycles. The highest BCUT2D eigenvalue weighted by Gasteiger charge is 2.24. The molecular weight excluding hydrogens is 240 g/mol. The highest BCUT2D eigenvalue weighted by molar-refractivity contribution is 6.30. The quantitative estimate of drug-likeness (QED) is 0.647. The van der Waals surface area contributed by atoms with Crippen LogP contribution in [0.15, 0.2) is 65.8 Å². The maximum atomic E-state index is 5.96. The van der Waals surface area contributed by atoms with Crippen molar-refractivity contribution < 1.29 is 0 Å². The maximum absolute atomic E-state index is 5.96. The Morgan fingerprint density at radius 3 is 2.56 bits per heavy atom. The molecule has 1 atom stereocenters. The topological polar surface area (TPSA) is 0 Å². The summed E-state index contributed by atoms with van der Waals surface area (Å²) >= 11 is 5.96. The van der Waals surface area contributed by atoms with Gasteiger partial charge in [0.2, 0.25) is 0 Å². The molecule has 1 aromatic rings. The van der Waals surface area contributed by atoms with Crippen LogP contribution in [-0.4, -0.2) is 0 Å². The monoisotopic (exact) mass is 254 g/mol. The molecule has 0 spiro atoms. The summed E-state index contributed by atoms with van der Waals surface area (Å²) in [6.07, 6.45) is 12.1. The second-order valence-electron chi connectivity index (χ2n) is 4.93. The van der Waals surface area contributed by atoms with Gasteiger partial charge in [-0.3, -0.25) is 0 Å². The second-order valence-corrected chi connectivity index (χ2v) is 5.36. The fraction of sp³-hybridized carbons (Fsp3) is 0.176. The molecule has 18 heavy (non-hydrogen) atoms. The molecule has 0 radical (unpaired) electrons. The third kappa shape index (κ3) is 2.09. The summed E-state index contributed by atoms with van der Waals surface area (Å²) in [5.41, 5.74) is 5.54. The third-order valence-corrected chi connectivity index (χ3v) is 3.82. The summed E-state index contributed by atoms with van der Waals surface area (Å²) in [5, 5.41) is 0.792. The molecule has 1 unspecified atom stereocenters. The van der Waals surface area contributed by atoms with Gasteiger partial charge < -0.3 is 0 Å². The lowest BCUT2D eigenvalue weighted by molar-refractivity contribution is 0.828. The molecule has 3 rings (SSSR count). The van der Waals surface area contributed by atoms with E-state index in [1.807, 2.05) is 12.1 Å². The fourth-order valence-corrected chi connectivity index (χ4v) is 2.85. The van der Waals surface area contributed by atoms with E-state index in [0.717, 1.165) is 11.4 Å². The van der Waals surface area contributed by atoms with Crippen LogP contribution < -0.4 is 0 Å². The van der Waals surface area contributed by atoms with Crippen LogP contribution in [-0.2, 0) is 0 Å². The smallest absolute Gasteiger partial charge is 0.0406 e. The summed E-state index contributed by atoms with van der Waals surface area (Å²) in [6, 6.07) is 8.15. The van der Waals surface area contributed by atoms with E-state index < -0.39 is 0 Å². The standard InChI is InChI=1S/C17H15Cl/c1-12-10-14-4-2-3-5-16(17(14)11-12)13-6-8-15(18)9-7-13/h2-10,17H,11H2,1H3. The van der Waals surface area contributed by atoms with Crippen molar-refractivity contribution in [2.45, 2.75) is 13.3 Å². The van der Waals surface area contributed by atoms with Crippen LogP contribution in [0.1, 0.15) is 18.9 Å². The summed E-state index contributed by atoms with van der Waals surface area (Å²) in [4.78, 5) is 0. The van der Waals surface area contributed by atoms with Gasteiger partial charge in [0.25, 0.3) is 0 Å². The summed E-state index contributed by atoms with van der Waals surface area (Å²) in [7, 11) is 0. The van der Waals surface area contributed by atoms with Gasteiger partial charge in [-0.15, -0.1) is 0 Å². The van der Waals surface area contributed by atoms with E-state index in [4.69, 9.17) is 11.6 Å². The van der Waals surface area contributed by atoms with E-state index in [-0.39, 0.29) is 0 Å². The normalized spacial score (nSPS) is 21.9. The zero-order valence-corrected chi connectivity index (χ0v) is 11.1. The van der Waals surface area contributed by atoms with E-state index in [1.54, 1.807) is 0 Å². The third-order valence-electron chi connectivity index (χ3n) is 3.57. The van der Waals surface area contributed by atoms with Crippen molar-refractivity contribution >= 4 is 17.2 Å². The van der Waals surface area contributed by atoms with Crippen LogP contribution in [0.3, 0.4) is 0 Å². The fourth-order valence-electron chi connectivity index (χ4n) is 2.72. The minimum Gasteiger partial charge on any atom is -0.0843 e. The lowest BCUT2D eigenvalue weighted by Gasteiger charge is -2.16. The first-order chi connectivity index (χ1) is 8.74. The molecule has 2 aliphatic carbocycles. The number of fused-ring (bicyclic) bond motifs is 1. The largest absolute Gasteiger partial charge is 0.0843 e. The van der Waals surface area contributed by atoms with E-state index in [0.29, 0.717) is 5.92 Å². The summed E-state index contributed by atoms with van der Waals surface area (Å²) in [5.74, 6) is 0.501. The Bertz CT molecular complexity index is 583. The first-order valence-electron chi connectivity index (χ1n) is 6.25. The lowest BCUT2D eigenvalue weighted by Crippen LogP contribution is -2.01. The molecule has 0 nitrogen and oxygen atoms in total. The van der Waals surface area contributed by atoms with Crippen molar-refractivity contribution in [3.05, 3.63) is 76.4 Å². The van der Waals surface area contributed by atoms with Gasteiger partial charge in [-0.1, -0.05) is 59.7 Å². The minimum absolute atomic E-state index is 0.501. The molecule has 0 fully saturated rings. The van der Waals surface area contributed by atoms with Gasteiger partial charge in [-0.25, -0.2) is 0 Å². The van der Waals surface area contributed by atoms with Gasteiger partial charge in [0.05, 0.1) is 0 Å². The molecule has 0 aromatic heterocycles. The Labute approximate surface area is 113 Å². The summed E-state index contributed by atoms with van der Waals surface area (Å²) in [6.45, 7) is 2.21. The Kier molecular flexibility index (Phi) is 2.97. The van der Waals surface area contributed by atoms with Gasteiger partial charge in [0.15, 0.2) is 0 Å². The number of hydrogen-bond acceptors (Lipinski definition) is 0. The number of allylic oxidation sites excluding steroid dienone is 8. The zero-order chi connectivity index (χ0) is 12.5. The van der Waals surface area contributed by atoms with Crippen molar-refractivity contribution in [3.63, 3.8) is 0 Å². The molecule has 0 bridgehead atoms. The van der Waals surface area contributed by atoms with Gasteiger partial charge >= 0.3 is 0 Å². The number of rotatable bonds is 1. The molecular formula is C17H15Cl. The van der Waals surface area contributed by atoms with Crippen molar-refractivity contribution in [1.29, 1.82) is 0 Å². The number of halogens is 1. The van der Waals surface area contributed by atoms with E-state index in [9.17, 15) is 0 Å². The highest BCUT2D eigenvalue weighted by atomic mass is 35.5. The molecule has 0 aliphatic heterocycles. The molecule has 0 amide bonds. The highest BCUT2D eigenvalue weighted by Crippen LogP contribution is 2.41. The van der Waals surface area contributed by atoms with E-state index in [2.05, 4.69) is 49.4 Å². The van der Waals surface area contributed by atoms with E-state index >= 15 is 0 Å². The van der Waals surface area contributed by atoms with Gasteiger partial charge in [-0.05, 0) is 42.2 Å². The van der Waals surface area contributed by atoms with Crippen LogP contribution in [0.2, 0.25) is 5.02 Å². The molecule has 0 N–H and O–H groups in total. The van der Waals surface area contributed by atoms with Crippen molar-refractivity contribution in [2.24, 2.45) is 5.92 Å². The lowest BCUT2D eigenvalue weighted by atomic mass is 9.87. The predicted octanol–water partition coefficient (Wildman–Crippen LogP) is 5.19. The molecule has 0 saturated carbocycles. The zero-order valence-electron chi connectivity index (χ0n) is 10.4. The molecule has 1 heteroatoms. The van der Waals surface area contributed by atoms with Gasteiger partial charge in [0.1, 0.15) is 0 Å². The van der Waals surface area contributed by atoms with Crippen molar-refractivity contribution in [3.8, 4) is 0 Å². The van der Waals surface area contributed by atoms with Crippen LogP contribution in [0.5, 0.6) is 0 Å². The summed E-state index contributed by atoms with van der Waals surface area (Å²) < 4.78 is 0. The minimum atomic E-state index is 0.501. The van der Waals surface area contributed by atoms with E-state index in [1.165, 1.54) is 22.3 Å². The molecule has 0 saturated heterocycles. The van der Waals surface area contributed by atoms with Gasteiger partial charge in [-0.2, -0.15) is 0 Å². The van der Waals surface area contributed by atoms with Crippen molar-refractivity contribution in [1.82, 2.24) is 0 Å². The molecule has 90 valence electrons. The Morgan fingerprint density at radius 1 is 1.06 bits per heavy atom. The Balaban J connectivity index is 2.02. The maximum Gasteiger partial charge on any atom is 0.0406 e. The van der Waals surface area contributed by atoms with Crippen molar-refractivity contribution in [2.75, 3.05) is 0 Å². The Morgan fingerprint density at radius 2 is 1.78 bits per heavy atom. The predicted molar refractivity (Wildman–Crippen MR) is 78.5 cm³/mol. The number of benzene rings is 1. The average molecular weight is 255 g/mol. The molecule has 0 heterocycles. The van der Waals surface area contributed by atoms with Crippen LogP contribution in [0.25, 0.3) is 5.57 Å². The first kappa shape index (κ1) is 11.6. The first-order valence-corrected chi connectivity index (χ1v) is 6.63. The van der Waals surface area contributed by atoms with Crippen LogP contribution in [0, 0.1) is 5.92 Å². The SMILES string of the molecule is CC1=CC2=CC=CC=C(c3ccc(Cl)cc3)C2C1.